The first kappa shape index (κ1) is 11.7. The molecule has 4 heteroatoms. The van der Waals surface area contributed by atoms with Crippen LogP contribution < -0.4 is 5.73 Å². The largest absolute Gasteiger partial charge is 0.481 e. The Morgan fingerprint density at radius 2 is 2.27 bits per heavy atom. The molecule has 1 atom stereocenters. The summed E-state index contributed by atoms with van der Waals surface area (Å²) in [5.41, 5.74) is 6.65. The van der Waals surface area contributed by atoms with Crippen molar-refractivity contribution in [1.29, 1.82) is 0 Å². The summed E-state index contributed by atoms with van der Waals surface area (Å²) in [7, 11) is 0. The molecule has 1 aromatic carbocycles. The van der Waals surface area contributed by atoms with Crippen LogP contribution in [0.1, 0.15) is 23.5 Å². The Bertz CT molecular complexity index is 366. The van der Waals surface area contributed by atoms with Crippen molar-refractivity contribution >= 4 is 5.97 Å². The monoisotopic (exact) mass is 211 g/mol. The van der Waals surface area contributed by atoms with Gasteiger partial charge in [0, 0.05) is 5.92 Å². The SMILES string of the molecule is Cc1c(F)cccc1C(CN)CC(=O)O. The van der Waals surface area contributed by atoms with Gasteiger partial charge < -0.3 is 10.8 Å². The number of benzene rings is 1. The van der Waals surface area contributed by atoms with E-state index in [1.165, 1.54) is 6.07 Å². The average molecular weight is 211 g/mol. The minimum absolute atomic E-state index is 0.0687. The zero-order valence-corrected chi connectivity index (χ0v) is 8.53. The summed E-state index contributed by atoms with van der Waals surface area (Å²) in [4.78, 5) is 10.6. The number of nitrogens with two attached hydrogens (primary N) is 1. The molecule has 1 aromatic rings. The Labute approximate surface area is 87.7 Å². The van der Waals surface area contributed by atoms with E-state index >= 15 is 0 Å². The second kappa shape index (κ2) is 4.89. The number of carboxylic acids is 1. The lowest BCUT2D eigenvalue weighted by Crippen LogP contribution is -2.17. The molecule has 0 heterocycles. The highest BCUT2D eigenvalue weighted by atomic mass is 19.1. The van der Waals surface area contributed by atoms with E-state index in [1.807, 2.05) is 0 Å². The fraction of sp³-hybridized carbons (Fsp3) is 0.364. The molecule has 1 rings (SSSR count). The van der Waals surface area contributed by atoms with Crippen LogP contribution in [0.4, 0.5) is 4.39 Å². The summed E-state index contributed by atoms with van der Waals surface area (Å²) in [6, 6.07) is 4.65. The minimum Gasteiger partial charge on any atom is -0.481 e. The topological polar surface area (TPSA) is 63.3 Å². The smallest absolute Gasteiger partial charge is 0.304 e. The van der Waals surface area contributed by atoms with E-state index in [0.29, 0.717) is 11.1 Å². The van der Waals surface area contributed by atoms with Gasteiger partial charge in [-0.1, -0.05) is 12.1 Å². The summed E-state index contributed by atoms with van der Waals surface area (Å²) >= 11 is 0. The lowest BCUT2D eigenvalue weighted by atomic mass is 9.92. The van der Waals surface area contributed by atoms with Gasteiger partial charge in [0.15, 0.2) is 0 Å². The third-order valence-corrected chi connectivity index (χ3v) is 2.45. The van der Waals surface area contributed by atoms with Crippen LogP contribution in [0.25, 0.3) is 0 Å². The number of hydrogen-bond donors (Lipinski definition) is 2. The Kier molecular flexibility index (Phi) is 3.80. The van der Waals surface area contributed by atoms with E-state index < -0.39 is 5.97 Å². The molecule has 82 valence electrons. The number of carbonyl (C=O) groups is 1. The molecule has 0 saturated heterocycles. The van der Waals surface area contributed by atoms with Gasteiger partial charge in [-0.3, -0.25) is 4.79 Å². The zero-order valence-electron chi connectivity index (χ0n) is 8.53. The van der Waals surface area contributed by atoms with Crippen molar-refractivity contribution in [2.75, 3.05) is 6.54 Å². The van der Waals surface area contributed by atoms with E-state index in [1.54, 1.807) is 19.1 Å². The van der Waals surface area contributed by atoms with Gasteiger partial charge in [-0.05, 0) is 30.7 Å². The molecule has 0 fully saturated rings. The van der Waals surface area contributed by atoms with Gasteiger partial charge >= 0.3 is 5.97 Å². The minimum atomic E-state index is -0.922. The van der Waals surface area contributed by atoms with Gasteiger partial charge in [0.2, 0.25) is 0 Å². The molecular formula is C11H14FNO2. The predicted octanol–water partition coefficient (Wildman–Crippen LogP) is 1.65. The van der Waals surface area contributed by atoms with Crippen molar-refractivity contribution in [3.05, 3.63) is 35.1 Å². The number of hydrogen-bond acceptors (Lipinski definition) is 2. The zero-order chi connectivity index (χ0) is 11.4. The van der Waals surface area contributed by atoms with Gasteiger partial charge in [-0.2, -0.15) is 0 Å². The van der Waals surface area contributed by atoms with Crippen LogP contribution in [0.3, 0.4) is 0 Å². The van der Waals surface area contributed by atoms with Crippen LogP contribution in [-0.4, -0.2) is 17.6 Å². The third-order valence-electron chi connectivity index (χ3n) is 2.45. The standard InChI is InChI=1S/C11H14FNO2/c1-7-9(3-2-4-10(7)12)8(6-13)5-11(14)15/h2-4,8H,5-6,13H2,1H3,(H,14,15). The first-order valence-electron chi connectivity index (χ1n) is 4.73. The number of halogens is 1. The van der Waals surface area contributed by atoms with Crippen molar-refractivity contribution in [1.82, 2.24) is 0 Å². The molecule has 0 aliphatic carbocycles. The third kappa shape index (κ3) is 2.76. The highest BCUT2D eigenvalue weighted by molar-refractivity contribution is 5.68. The highest BCUT2D eigenvalue weighted by Gasteiger charge is 2.17. The van der Waals surface area contributed by atoms with E-state index in [9.17, 15) is 9.18 Å². The molecule has 0 radical (unpaired) electrons. The number of rotatable bonds is 4. The molecule has 0 saturated carbocycles. The van der Waals surface area contributed by atoms with Crippen LogP contribution in [0.2, 0.25) is 0 Å². The van der Waals surface area contributed by atoms with Crippen LogP contribution in [0, 0.1) is 12.7 Å². The van der Waals surface area contributed by atoms with Crippen molar-refractivity contribution in [3.63, 3.8) is 0 Å². The van der Waals surface area contributed by atoms with Gasteiger partial charge in [-0.15, -0.1) is 0 Å². The Morgan fingerprint density at radius 3 is 2.80 bits per heavy atom. The average Bonchev–Trinajstić information content (AvgIpc) is 2.19. The Hall–Kier alpha value is -1.42. The summed E-state index contributed by atoms with van der Waals surface area (Å²) in [6.45, 7) is 1.84. The molecule has 0 amide bonds. The summed E-state index contributed by atoms with van der Waals surface area (Å²) in [5, 5.41) is 8.69. The molecule has 1 unspecified atom stereocenters. The van der Waals surface area contributed by atoms with Crippen LogP contribution >= 0.6 is 0 Å². The summed E-state index contributed by atoms with van der Waals surface area (Å²) in [6.07, 6.45) is -0.0687. The van der Waals surface area contributed by atoms with Crippen molar-refractivity contribution in [2.24, 2.45) is 5.73 Å². The lowest BCUT2D eigenvalue weighted by molar-refractivity contribution is -0.137. The summed E-state index contributed by atoms with van der Waals surface area (Å²) in [5.74, 6) is -1.57. The van der Waals surface area contributed by atoms with Crippen molar-refractivity contribution in [2.45, 2.75) is 19.3 Å². The molecule has 0 aliphatic heterocycles. The fourth-order valence-electron chi connectivity index (χ4n) is 1.60. The number of aliphatic carboxylic acids is 1. The molecule has 0 bridgehead atoms. The second-order valence-corrected chi connectivity index (χ2v) is 3.48. The fourth-order valence-corrected chi connectivity index (χ4v) is 1.60. The van der Waals surface area contributed by atoms with E-state index in [-0.39, 0.29) is 24.7 Å². The van der Waals surface area contributed by atoms with Gasteiger partial charge in [0.25, 0.3) is 0 Å². The molecule has 3 N–H and O–H groups in total. The normalized spacial score (nSPS) is 12.5. The molecule has 0 aliphatic rings. The number of carboxylic acid groups (broad SMARTS) is 1. The Balaban J connectivity index is 3.01. The van der Waals surface area contributed by atoms with Crippen LogP contribution in [0.5, 0.6) is 0 Å². The lowest BCUT2D eigenvalue weighted by Gasteiger charge is -2.15. The van der Waals surface area contributed by atoms with E-state index in [0.717, 1.165) is 0 Å². The first-order chi connectivity index (χ1) is 7.06. The van der Waals surface area contributed by atoms with Gasteiger partial charge in [-0.25, -0.2) is 4.39 Å². The molecular weight excluding hydrogens is 197 g/mol. The molecule has 15 heavy (non-hydrogen) atoms. The summed E-state index contributed by atoms with van der Waals surface area (Å²) < 4.78 is 13.2. The van der Waals surface area contributed by atoms with Gasteiger partial charge in [0.05, 0.1) is 6.42 Å². The molecule has 0 aromatic heterocycles. The van der Waals surface area contributed by atoms with Crippen molar-refractivity contribution < 1.29 is 14.3 Å². The highest BCUT2D eigenvalue weighted by Crippen LogP contribution is 2.23. The quantitative estimate of drug-likeness (QED) is 0.796. The second-order valence-electron chi connectivity index (χ2n) is 3.48. The first-order valence-corrected chi connectivity index (χ1v) is 4.73. The molecule has 3 nitrogen and oxygen atoms in total. The maximum absolute atomic E-state index is 13.2. The van der Waals surface area contributed by atoms with Crippen molar-refractivity contribution in [3.8, 4) is 0 Å². The predicted molar refractivity (Wildman–Crippen MR) is 55.2 cm³/mol. The van der Waals surface area contributed by atoms with Gasteiger partial charge in [0.1, 0.15) is 5.82 Å². The van der Waals surface area contributed by atoms with E-state index in [2.05, 4.69) is 0 Å². The van der Waals surface area contributed by atoms with Crippen LogP contribution in [0.15, 0.2) is 18.2 Å². The maximum atomic E-state index is 13.2. The molecule has 0 spiro atoms. The van der Waals surface area contributed by atoms with E-state index in [4.69, 9.17) is 10.8 Å². The Morgan fingerprint density at radius 1 is 1.60 bits per heavy atom. The maximum Gasteiger partial charge on any atom is 0.304 e. The van der Waals surface area contributed by atoms with Crippen LogP contribution in [-0.2, 0) is 4.79 Å².